The molecule has 1 aromatic heterocycles. The summed E-state index contributed by atoms with van der Waals surface area (Å²) in [6.45, 7) is 4.61. The van der Waals surface area contributed by atoms with Crippen LogP contribution in [0.3, 0.4) is 0 Å². The van der Waals surface area contributed by atoms with E-state index in [1.54, 1.807) is 14.2 Å². The molecular weight excluding hydrogens is 406 g/mol. The zero-order chi connectivity index (χ0) is 22.5. The van der Waals surface area contributed by atoms with Crippen molar-refractivity contribution in [3.05, 3.63) is 47.7 Å². The Morgan fingerprint density at radius 1 is 1.19 bits per heavy atom. The number of benzene rings is 2. The molecule has 1 N–H and O–H groups in total. The molecule has 0 aliphatic carbocycles. The average molecular weight is 438 g/mol. The van der Waals surface area contributed by atoms with Crippen LogP contribution in [0.5, 0.6) is 11.5 Å². The van der Waals surface area contributed by atoms with Gasteiger partial charge in [-0.3, -0.25) is 9.69 Å². The maximum Gasteiger partial charge on any atom is 0.221 e. The van der Waals surface area contributed by atoms with Gasteiger partial charge in [-0.25, -0.2) is 0 Å². The second-order valence-electron chi connectivity index (χ2n) is 8.45. The van der Waals surface area contributed by atoms with Gasteiger partial charge in [-0.2, -0.15) is 0 Å². The number of amides is 1. The summed E-state index contributed by atoms with van der Waals surface area (Å²) in [5.41, 5.74) is 3.73. The highest BCUT2D eigenvalue weighted by Gasteiger charge is 2.22. The van der Waals surface area contributed by atoms with Gasteiger partial charge >= 0.3 is 0 Å². The second-order valence-corrected chi connectivity index (χ2v) is 8.45. The third-order valence-electron chi connectivity index (χ3n) is 6.21. The number of fused-ring (bicyclic) bond motifs is 1. The van der Waals surface area contributed by atoms with Crippen LogP contribution in [-0.2, 0) is 17.8 Å². The molecule has 0 spiro atoms. The lowest BCUT2D eigenvalue weighted by atomic mass is 9.91. The van der Waals surface area contributed by atoms with E-state index in [1.807, 2.05) is 24.3 Å². The molecule has 3 aromatic rings. The zero-order valence-electron chi connectivity index (χ0n) is 19.0. The summed E-state index contributed by atoms with van der Waals surface area (Å²) in [4.78, 5) is 13.8. The predicted octanol–water partition coefficient (Wildman–Crippen LogP) is 4.65. The maximum absolute atomic E-state index is 11.3. The Labute approximate surface area is 188 Å². The lowest BCUT2D eigenvalue weighted by Crippen LogP contribution is -2.33. The summed E-state index contributed by atoms with van der Waals surface area (Å²) in [6, 6.07) is 12.0. The van der Waals surface area contributed by atoms with Gasteiger partial charge in [0.2, 0.25) is 17.2 Å². The fourth-order valence-electron chi connectivity index (χ4n) is 4.53. The Kier molecular flexibility index (Phi) is 6.95. The SMILES string of the molecule is COc1ccc2c(CCC3CCN(Cc4cccc(NC(C)=O)c4)CC3)noc2c1OC. The molecular formula is C25H31N3O4. The van der Waals surface area contributed by atoms with Gasteiger partial charge in [0.15, 0.2) is 5.75 Å². The van der Waals surface area contributed by atoms with Crippen molar-refractivity contribution in [3.8, 4) is 11.5 Å². The van der Waals surface area contributed by atoms with E-state index < -0.39 is 0 Å². The lowest BCUT2D eigenvalue weighted by molar-refractivity contribution is -0.114. The highest BCUT2D eigenvalue weighted by Crippen LogP contribution is 2.37. The summed E-state index contributed by atoms with van der Waals surface area (Å²) in [7, 11) is 3.23. The molecule has 0 atom stereocenters. The number of nitrogens with zero attached hydrogens (tertiary/aromatic N) is 2. The fourth-order valence-corrected chi connectivity index (χ4v) is 4.53. The van der Waals surface area contributed by atoms with Crippen LogP contribution in [-0.4, -0.2) is 43.3 Å². The van der Waals surface area contributed by atoms with E-state index in [1.165, 1.54) is 25.3 Å². The number of hydrogen-bond acceptors (Lipinski definition) is 6. The minimum absolute atomic E-state index is 0.0413. The van der Waals surface area contributed by atoms with Gasteiger partial charge in [-0.1, -0.05) is 17.3 Å². The Bertz CT molecular complexity index is 1070. The molecule has 4 rings (SSSR count). The van der Waals surface area contributed by atoms with Crippen molar-refractivity contribution < 1.29 is 18.8 Å². The zero-order valence-corrected chi connectivity index (χ0v) is 19.0. The van der Waals surface area contributed by atoms with Gasteiger partial charge in [-0.05, 0) is 74.5 Å². The number of nitrogens with one attached hydrogen (secondary N) is 1. The third kappa shape index (κ3) is 5.05. The monoisotopic (exact) mass is 437 g/mol. The van der Waals surface area contributed by atoms with Gasteiger partial charge < -0.3 is 19.3 Å². The van der Waals surface area contributed by atoms with Crippen LogP contribution in [0.4, 0.5) is 5.69 Å². The Morgan fingerprint density at radius 2 is 2.00 bits per heavy atom. The lowest BCUT2D eigenvalue weighted by Gasteiger charge is -2.32. The number of rotatable bonds is 8. The van der Waals surface area contributed by atoms with E-state index in [4.69, 9.17) is 14.0 Å². The maximum atomic E-state index is 11.3. The number of aryl methyl sites for hydroxylation is 1. The molecule has 1 saturated heterocycles. The van der Waals surface area contributed by atoms with Gasteiger partial charge in [0.25, 0.3) is 0 Å². The minimum Gasteiger partial charge on any atom is -0.493 e. The highest BCUT2D eigenvalue weighted by atomic mass is 16.5. The number of anilines is 1. The van der Waals surface area contributed by atoms with Crippen molar-refractivity contribution in [3.63, 3.8) is 0 Å². The molecule has 0 saturated carbocycles. The second kappa shape index (κ2) is 10.0. The van der Waals surface area contributed by atoms with E-state index in [0.29, 0.717) is 23.0 Å². The predicted molar refractivity (Wildman–Crippen MR) is 124 cm³/mol. The Morgan fingerprint density at radius 3 is 2.72 bits per heavy atom. The molecule has 2 aromatic carbocycles. The van der Waals surface area contributed by atoms with E-state index in [-0.39, 0.29) is 5.91 Å². The quantitative estimate of drug-likeness (QED) is 0.553. The van der Waals surface area contributed by atoms with Crippen LogP contribution in [0.15, 0.2) is 40.9 Å². The van der Waals surface area contributed by atoms with Crippen LogP contribution in [0.2, 0.25) is 0 Å². The molecule has 0 unspecified atom stereocenters. The molecule has 7 nitrogen and oxygen atoms in total. The smallest absolute Gasteiger partial charge is 0.221 e. The minimum atomic E-state index is -0.0413. The van der Waals surface area contributed by atoms with Gasteiger partial charge in [0.05, 0.1) is 19.9 Å². The van der Waals surface area contributed by atoms with Crippen molar-refractivity contribution >= 4 is 22.6 Å². The number of carbonyl (C=O) groups is 1. The molecule has 170 valence electrons. The summed E-state index contributed by atoms with van der Waals surface area (Å²) >= 11 is 0. The van der Waals surface area contributed by atoms with E-state index in [2.05, 4.69) is 27.5 Å². The molecule has 1 fully saturated rings. The van der Waals surface area contributed by atoms with Crippen LogP contribution < -0.4 is 14.8 Å². The highest BCUT2D eigenvalue weighted by molar-refractivity contribution is 5.88. The molecule has 32 heavy (non-hydrogen) atoms. The number of likely N-dealkylation sites (tertiary alicyclic amines) is 1. The first kappa shape index (κ1) is 22.1. The Balaban J connectivity index is 1.30. The third-order valence-corrected chi connectivity index (χ3v) is 6.21. The van der Waals surface area contributed by atoms with Crippen LogP contribution in [0, 0.1) is 5.92 Å². The number of hydrogen-bond donors (Lipinski definition) is 1. The van der Waals surface area contributed by atoms with E-state index in [9.17, 15) is 4.79 Å². The number of methoxy groups -OCH3 is 2. The number of carbonyl (C=O) groups excluding carboxylic acids is 1. The average Bonchev–Trinajstić information content (AvgIpc) is 3.21. The van der Waals surface area contributed by atoms with Crippen LogP contribution in [0.1, 0.15) is 37.4 Å². The molecule has 0 radical (unpaired) electrons. The van der Waals surface area contributed by atoms with Crippen LogP contribution in [0.25, 0.3) is 11.0 Å². The van der Waals surface area contributed by atoms with E-state index >= 15 is 0 Å². The first-order valence-electron chi connectivity index (χ1n) is 11.2. The Hall–Kier alpha value is -3.06. The van der Waals surface area contributed by atoms with Crippen molar-refractivity contribution in [2.45, 2.75) is 39.2 Å². The standard InChI is InChI=1S/C25H31N3O4/c1-17(29)26-20-6-4-5-19(15-20)16-28-13-11-18(12-14-28)7-9-22-21-8-10-23(30-2)25(31-3)24(21)32-27-22/h4-6,8,10,15,18H,7,9,11-14,16H2,1-3H3,(H,26,29). The van der Waals surface area contributed by atoms with Crippen molar-refractivity contribution in [2.75, 3.05) is 32.6 Å². The van der Waals surface area contributed by atoms with Crippen molar-refractivity contribution in [1.82, 2.24) is 10.1 Å². The van der Waals surface area contributed by atoms with E-state index in [0.717, 1.165) is 49.2 Å². The van der Waals surface area contributed by atoms with Gasteiger partial charge in [0.1, 0.15) is 0 Å². The largest absolute Gasteiger partial charge is 0.493 e. The first-order valence-corrected chi connectivity index (χ1v) is 11.2. The summed E-state index contributed by atoms with van der Waals surface area (Å²) < 4.78 is 16.4. The van der Waals surface area contributed by atoms with Crippen molar-refractivity contribution in [1.29, 1.82) is 0 Å². The van der Waals surface area contributed by atoms with Gasteiger partial charge in [0, 0.05) is 24.5 Å². The molecule has 0 bridgehead atoms. The molecule has 1 aliphatic rings. The van der Waals surface area contributed by atoms with Gasteiger partial charge in [-0.15, -0.1) is 0 Å². The fraction of sp³-hybridized carbons (Fsp3) is 0.440. The number of ether oxygens (including phenoxy) is 2. The molecule has 2 heterocycles. The molecule has 1 aliphatic heterocycles. The topological polar surface area (TPSA) is 76.8 Å². The molecule has 1 amide bonds. The molecule has 7 heteroatoms. The first-order chi connectivity index (χ1) is 15.6. The summed E-state index contributed by atoms with van der Waals surface area (Å²) in [5.74, 6) is 1.89. The van der Waals surface area contributed by atoms with Crippen molar-refractivity contribution in [2.24, 2.45) is 5.92 Å². The number of aromatic nitrogens is 1. The normalized spacial score (nSPS) is 15.1. The number of piperidine rings is 1. The van der Waals surface area contributed by atoms with Crippen LogP contribution >= 0.6 is 0 Å². The summed E-state index contributed by atoms with van der Waals surface area (Å²) in [5, 5.41) is 8.17. The summed E-state index contributed by atoms with van der Waals surface area (Å²) in [6.07, 6.45) is 4.35.